The van der Waals surface area contributed by atoms with E-state index < -0.39 is 6.23 Å². The van der Waals surface area contributed by atoms with Crippen molar-refractivity contribution in [1.29, 1.82) is 0 Å². The van der Waals surface area contributed by atoms with Gasteiger partial charge in [0.05, 0.1) is 5.92 Å². The van der Waals surface area contributed by atoms with Crippen LogP contribution in [0.15, 0.2) is 41.6 Å². The van der Waals surface area contributed by atoms with E-state index in [9.17, 15) is 5.11 Å². The monoisotopic (exact) mass is 291 g/mol. The van der Waals surface area contributed by atoms with Gasteiger partial charge in [0.25, 0.3) is 0 Å². The van der Waals surface area contributed by atoms with Crippen molar-refractivity contribution >= 4 is 5.71 Å². The van der Waals surface area contributed by atoms with Gasteiger partial charge in [0.2, 0.25) is 0 Å². The molecule has 1 aliphatic rings. The number of nitrogens with zero attached hydrogens (tertiary/aromatic N) is 1. The molecule has 0 amide bonds. The van der Waals surface area contributed by atoms with Gasteiger partial charge in [0.1, 0.15) is 12.4 Å². The number of unbranched alkanes of at least 4 members (excludes halogenated alkanes) is 1. The highest BCUT2D eigenvalue weighted by Crippen LogP contribution is 2.16. The summed E-state index contributed by atoms with van der Waals surface area (Å²) in [5, 5.41) is 16.9. The average molecular weight is 291 g/mol. The topological polar surface area (TPSA) is 56.6 Å². The van der Waals surface area contributed by atoms with E-state index in [-0.39, 0.29) is 18.1 Å². The van der Waals surface area contributed by atoms with Gasteiger partial charge in [-0.2, -0.15) is 0 Å². The quantitative estimate of drug-likeness (QED) is 0.476. The molecule has 4 unspecified atom stereocenters. The second-order valence-electron chi connectivity index (χ2n) is 5.62. The van der Waals surface area contributed by atoms with Crippen LogP contribution in [0.1, 0.15) is 40.5 Å². The molecule has 0 aromatic carbocycles. The van der Waals surface area contributed by atoms with Gasteiger partial charge >= 0.3 is 0 Å². The summed E-state index contributed by atoms with van der Waals surface area (Å²) in [6, 6.07) is 0.110. The van der Waals surface area contributed by atoms with E-state index >= 15 is 0 Å². The highest BCUT2D eigenvalue weighted by atomic mass is 16.3. The lowest BCUT2D eigenvalue weighted by atomic mass is 10.0. The first kappa shape index (κ1) is 17.7. The Kier molecular flexibility index (Phi) is 7.40. The lowest BCUT2D eigenvalue weighted by Crippen LogP contribution is -2.48. The molecule has 1 aliphatic heterocycles. The predicted molar refractivity (Wildman–Crippen MR) is 90.1 cm³/mol. The van der Waals surface area contributed by atoms with Crippen molar-refractivity contribution in [3.05, 3.63) is 36.6 Å². The summed E-state index contributed by atoms with van der Waals surface area (Å²) in [6.45, 7) is 12.0. The SMILES string of the molecule is C=CC(C(O)NC(C)/C=C\CCC)C1N=C(C)C=C(C)N1. The lowest BCUT2D eigenvalue weighted by molar-refractivity contribution is 0.0749. The van der Waals surface area contributed by atoms with E-state index in [0.717, 1.165) is 24.3 Å². The molecule has 4 atom stereocenters. The molecule has 0 saturated heterocycles. The maximum absolute atomic E-state index is 10.4. The summed E-state index contributed by atoms with van der Waals surface area (Å²) < 4.78 is 0. The van der Waals surface area contributed by atoms with Gasteiger partial charge < -0.3 is 10.4 Å². The molecule has 4 heteroatoms. The molecular weight excluding hydrogens is 262 g/mol. The molecule has 0 aromatic heterocycles. The van der Waals surface area contributed by atoms with Crippen LogP contribution in [0.3, 0.4) is 0 Å². The van der Waals surface area contributed by atoms with Crippen LogP contribution >= 0.6 is 0 Å². The van der Waals surface area contributed by atoms with E-state index in [2.05, 4.69) is 41.3 Å². The summed E-state index contributed by atoms with van der Waals surface area (Å²) in [4.78, 5) is 4.55. The molecule has 118 valence electrons. The predicted octanol–water partition coefficient (Wildman–Crippen LogP) is 2.74. The van der Waals surface area contributed by atoms with Crippen LogP contribution < -0.4 is 10.6 Å². The van der Waals surface area contributed by atoms with Gasteiger partial charge in [-0.3, -0.25) is 10.3 Å². The summed E-state index contributed by atoms with van der Waals surface area (Å²) in [7, 11) is 0. The normalized spacial score (nSPS) is 23.0. The minimum Gasteiger partial charge on any atom is -0.378 e. The molecular formula is C17H29N3O. The minimum absolute atomic E-state index is 0.110. The molecule has 21 heavy (non-hydrogen) atoms. The van der Waals surface area contributed by atoms with Gasteiger partial charge in [-0.05, 0) is 33.3 Å². The Morgan fingerprint density at radius 2 is 2.24 bits per heavy atom. The summed E-state index contributed by atoms with van der Waals surface area (Å²) >= 11 is 0. The van der Waals surface area contributed by atoms with Crippen LogP contribution in [-0.2, 0) is 0 Å². The molecule has 1 rings (SSSR count). The first-order valence-corrected chi connectivity index (χ1v) is 7.70. The Bertz CT molecular complexity index is 426. The Morgan fingerprint density at radius 1 is 1.52 bits per heavy atom. The summed E-state index contributed by atoms with van der Waals surface area (Å²) in [5.74, 6) is -0.189. The first-order valence-electron chi connectivity index (χ1n) is 7.70. The second-order valence-corrected chi connectivity index (χ2v) is 5.62. The largest absolute Gasteiger partial charge is 0.378 e. The van der Waals surface area contributed by atoms with E-state index in [4.69, 9.17) is 0 Å². The summed E-state index contributed by atoms with van der Waals surface area (Å²) in [5.41, 5.74) is 2.02. The number of hydrogen-bond donors (Lipinski definition) is 3. The van der Waals surface area contributed by atoms with Crippen molar-refractivity contribution in [3.8, 4) is 0 Å². The fraction of sp³-hybridized carbons (Fsp3) is 0.588. The number of allylic oxidation sites excluding steroid dienone is 3. The third-order valence-electron chi connectivity index (χ3n) is 3.46. The first-order chi connectivity index (χ1) is 9.97. The Labute approximate surface area is 128 Å². The average Bonchev–Trinajstić information content (AvgIpc) is 2.38. The highest BCUT2D eigenvalue weighted by molar-refractivity contribution is 5.94. The highest BCUT2D eigenvalue weighted by Gasteiger charge is 2.27. The Morgan fingerprint density at radius 3 is 2.81 bits per heavy atom. The zero-order valence-corrected chi connectivity index (χ0v) is 13.6. The van der Waals surface area contributed by atoms with E-state index in [1.165, 1.54) is 0 Å². The van der Waals surface area contributed by atoms with E-state index in [0.29, 0.717) is 0 Å². The maximum atomic E-state index is 10.4. The fourth-order valence-corrected chi connectivity index (χ4v) is 2.39. The molecule has 0 radical (unpaired) electrons. The van der Waals surface area contributed by atoms with Crippen molar-refractivity contribution in [2.45, 2.75) is 59.0 Å². The van der Waals surface area contributed by atoms with Gasteiger partial charge in [0, 0.05) is 17.5 Å². The lowest BCUT2D eigenvalue weighted by Gasteiger charge is -2.31. The van der Waals surface area contributed by atoms with Crippen molar-refractivity contribution in [1.82, 2.24) is 10.6 Å². The minimum atomic E-state index is -0.691. The van der Waals surface area contributed by atoms with Gasteiger partial charge in [-0.1, -0.05) is 31.6 Å². The number of hydrogen-bond acceptors (Lipinski definition) is 4. The number of nitrogens with one attached hydrogen (secondary N) is 2. The van der Waals surface area contributed by atoms with Gasteiger partial charge in [0.15, 0.2) is 0 Å². The number of aliphatic imine (C=N–C) groups is 1. The molecule has 0 aromatic rings. The summed E-state index contributed by atoms with van der Waals surface area (Å²) in [6.07, 6.45) is 9.30. The number of rotatable bonds is 8. The van der Waals surface area contributed by atoms with Crippen LogP contribution in [0.4, 0.5) is 0 Å². The van der Waals surface area contributed by atoms with Crippen LogP contribution in [0, 0.1) is 5.92 Å². The molecule has 3 N–H and O–H groups in total. The molecule has 1 heterocycles. The van der Waals surface area contributed by atoms with Gasteiger partial charge in [-0.15, -0.1) is 6.58 Å². The van der Waals surface area contributed by atoms with Crippen LogP contribution in [0.25, 0.3) is 0 Å². The molecule has 0 fully saturated rings. The van der Waals surface area contributed by atoms with Crippen LogP contribution in [-0.4, -0.2) is 29.3 Å². The number of aliphatic hydroxyl groups is 1. The molecule has 0 saturated carbocycles. The van der Waals surface area contributed by atoms with Crippen LogP contribution in [0.5, 0.6) is 0 Å². The van der Waals surface area contributed by atoms with Crippen molar-refractivity contribution in [2.75, 3.05) is 0 Å². The van der Waals surface area contributed by atoms with Crippen molar-refractivity contribution < 1.29 is 5.11 Å². The van der Waals surface area contributed by atoms with Crippen molar-refractivity contribution in [2.24, 2.45) is 10.9 Å². The smallest absolute Gasteiger partial charge is 0.128 e. The molecule has 0 bridgehead atoms. The molecule has 0 spiro atoms. The van der Waals surface area contributed by atoms with Gasteiger partial charge in [-0.25, -0.2) is 0 Å². The Hall–Kier alpha value is -1.39. The molecule has 0 aliphatic carbocycles. The van der Waals surface area contributed by atoms with E-state index in [1.807, 2.05) is 26.8 Å². The third-order valence-corrected chi connectivity index (χ3v) is 3.46. The zero-order valence-electron chi connectivity index (χ0n) is 13.6. The standard InChI is InChI=1S/C17H29N3O/c1-6-8-9-10-12(3)20-17(21)15(7-2)16-18-13(4)11-14(5)19-16/h7,9-12,15-18,20-21H,2,6,8H2,1,3-5H3/b10-9-. The number of aliphatic hydroxyl groups excluding tert-OH is 1. The third kappa shape index (κ3) is 5.86. The van der Waals surface area contributed by atoms with Crippen molar-refractivity contribution in [3.63, 3.8) is 0 Å². The second kappa shape index (κ2) is 8.80. The molecule has 4 nitrogen and oxygen atoms in total. The maximum Gasteiger partial charge on any atom is 0.128 e. The Balaban J connectivity index is 2.63. The fourth-order valence-electron chi connectivity index (χ4n) is 2.39. The van der Waals surface area contributed by atoms with Crippen LogP contribution in [0.2, 0.25) is 0 Å². The zero-order chi connectivity index (χ0) is 15.8. The van der Waals surface area contributed by atoms with E-state index in [1.54, 1.807) is 6.08 Å².